The lowest BCUT2D eigenvalue weighted by molar-refractivity contribution is 0.0390. The molecule has 0 unspecified atom stereocenters. The average Bonchev–Trinajstić information content (AvgIpc) is 2.41. The summed E-state index contributed by atoms with van der Waals surface area (Å²) in [5.74, 6) is 0. The Bertz CT molecular complexity index is 455. The molecular weight excluding hydrogens is 252 g/mol. The van der Waals surface area contributed by atoms with Crippen molar-refractivity contribution < 1.29 is 13.2 Å². The molecule has 0 aliphatic carbocycles. The summed E-state index contributed by atoms with van der Waals surface area (Å²) in [7, 11) is -3.37. The minimum atomic E-state index is -3.37. The Morgan fingerprint density at radius 1 is 1.17 bits per heavy atom. The molecule has 100 valence electrons. The first-order valence-electron chi connectivity index (χ1n) is 6.03. The zero-order valence-electron chi connectivity index (χ0n) is 10.2. The summed E-state index contributed by atoms with van der Waals surface area (Å²) in [6.45, 7) is 4.34. The van der Waals surface area contributed by atoms with Crippen LogP contribution >= 0.6 is 0 Å². The van der Waals surface area contributed by atoms with Gasteiger partial charge in [0.1, 0.15) is 0 Å². The van der Waals surface area contributed by atoms with E-state index >= 15 is 0 Å². The molecule has 5 nitrogen and oxygen atoms in total. The summed E-state index contributed by atoms with van der Waals surface area (Å²) in [4.78, 5) is 2.50. The Morgan fingerprint density at radius 2 is 1.83 bits per heavy atom. The van der Waals surface area contributed by atoms with Crippen molar-refractivity contribution in [1.29, 1.82) is 0 Å². The van der Waals surface area contributed by atoms with Crippen LogP contribution < -0.4 is 4.72 Å². The Labute approximate surface area is 108 Å². The van der Waals surface area contributed by atoms with Crippen molar-refractivity contribution >= 4 is 10.0 Å². The van der Waals surface area contributed by atoms with Gasteiger partial charge in [0, 0.05) is 26.2 Å². The van der Waals surface area contributed by atoms with Crippen molar-refractivity contribution in [3.8, 4) is 0 Å². The topological polar surface area (TPSA) is 58.6 Å². The lowest BCUT2D eigenvalue weighted by Gasteiger charge is -2.26. The zero-order chi connectivity index (χ0) is 12.8. The van der Waals surface area contributed by atoms with E-state index in [9.17, 15) is 8.42 Å². The van der Waals surface area contributed by atoms with Crippen molar-refractivity contribution in [2.24, 2.45) is 0 Å². The van der Waals surface area contributed by atoms with E-state index in [0.29, 0.717) is 11.4 Å². The van der Waals surface area contributed by atoms with Crippen molar-refractivity contribution in [2.75, 3.05) is 39.4 Å². The number of morpholine rings is 1. The molecule has 1 aliphatic rings. The number of ether oxygens (including phenoxy) is 1. The predicted octanol–water partition coefficient (Wildman–Crippen LogP) is 0.297. The number of rotatable bonds is 5. The highest BCUT2D eigenvalue weighted by Crippen LogP contribution is 2.06. The van der Waals surface area contributed by atoms with Crippen LogP contribution in [0.1, 0.15) is 0 Å². The largest absolute Gasteiger partial charge is 0.379 e. The second kappa shape index (κ2) is 6.29. The zero-order valence-corrected chi connectivity index (χ0v) is 11.0. The van der Waals surface area contributed by atoms with Crippen LogP contribution in [0.4, 0.5) is 0 Å². The smallest absolute Gasteiger partial charge is 0.240 e. The molecule has 0 saturated carbocycles. The molecule has 18 heavy (non-hydrogen) atoms. The van der Waals surface area contributed by atoms with Crippen LogP contribution in [0.3, 0.4) is 0 Å². The molecule has 0 radical (unpaired) electrons. The van der Waals surface area contributed by atoms with Crippen molar-refractivity contribution in [3.63, 3.8) is 0 Å². The molecule has 0 aromatic heterocycles. The van der Waals surface area contributed by atoms with Gasteiger partial charge in [-0.25, -0.2) is 13.1 Å². The number of hydrogen-bond donors (Lipinski definition) is 1. The van der Waals surface area contributed by atoms with Crippen LogP contribution in [0.25, 0.3) is 0 Å². The number of nitrogens with zero attached hydrogens (tertiary/aromatic N) is 1. The second-order valence-corrected chi connectivity index (χ2v) is 5.93. The van der Waals surface area contributed by atoms with Gasteiger partial charge >= 0.3 is 0 Å². The van der Waals surface area contributed by atoms with E-state index in [1.54, 1.807) is 30.3 Å². The van der Waals surface area contributed by atoms with Crippen LogP contribution in [0.2, 0.25) is 0 Å². The van der Waals surface area contributed by atoms with Crippen LogP contribution in [0.5, 0.6) is 0 Å². The monoisotopic (exact) mass is 270 g/mol. The van der Waals surface area contributed by atoms with Crippen LogP contribution in [0.15, 0.2) is 35.2 Å². The van der Waals surface area contributed by atoms with Gasteiger partial charge < -0.3 is 4.74 Å². The van der Waals surface area contributed by atoms with Gasteiger partial charge in [-0.3, -0.25) is 4.90 Å². The molecule has 1 heterocycles. The highest BCUT2D eigenvalue weighted by molar-refractivity contribution is 7.89. The summed E-state index contributed by atoms with van der Waals surface area (Å²) in [5.41, 5.74) is 0. The normalized spacial score (nSPS) is 17.8. The maximum absolute atomic E-state index is 11.9. The first kappa shape index (κ1) is 13.5. The van der Waals surface area contributed by atoms with Gasteiger partial charge in [-0.15, -0.1) is 0 Å². The molecule has 1 aliphatic heterocycles. The molecular formula is C12H18N2O3S. The first-order chi connectivity index (χ1) is 8.68. The quantitative estimate of drug-likeness (QED) is 0.836. The van der Waals surface area contributed by atoms with E-state index in [0.717, 1.165) is 32.8 Å². The minimum absolute atomic E-state index is 0.312. The van der Waals surface area contributed by atoms with Gasteiger partial charge in [0.2, 0.25) is 10.0 Å². The summed E-state index contributed by atoms with van der Waals surface area (Å²) in [6.07, 6.45) is 0. The lowest BCUT2D eigenvalue weighted by atomic mass is 10.4. The Hall–Kier alpha value is -0.950. The Morgan fingerprint density at radius 3 is 2.50 bits per heavy atom. The summed E-state index contributed by atoms with van der Waals surface area (Å²) in [6, 6.07) is 8.42. The van der Waals surface area contributed by atoms with Gasteiger partial charge in [-0.1, -0.05) is 18.2 Å². The summed E-state index contributed by atoms with van der Waals surface area (Å²) in [5, 5.41) is 0. The maximum Gasteiger partial charge on any atom is 0.240 e. The molecule has 0 atom stereocenters. The fourth-order valence-corrected chi connectivity index (χ4v) is 2.89. The molecule has 1 saturated heterocycles. The number of hydrogen-bond acceptors (Lipinski definition) is 4. The molecule has 6 heteroatoms. The Kier molecular flexibility index (Phi) is 4.71. The minimum Gasteiger partial charge on any atom is -0.379 e. The third-order valence-electron chi connectivity index (χ3n) is 2.88. The van der Waals surface area contributed by atoms with Crippen molar-refractivity contribution in [3.05, 3.63) is 30.3 Å². The molecule has 1 aromatic carbocycles. The van der Waals surface area contributed by atoms with E-state index in [1.807, 2.05) is 0 Å². The molecule has 0 spiro atoms. The fraction of sp³-hybridized carbons (Fsp3) is 0.500. The van der Waals surface area contributed by atoms with E-state index in [4.69, 9.17) is 4.74 Å². The summed E-state index contributed by atoms with van der Waals surface area (Å²) >= 11 is 0. The molecule has 1 aromatic rings. The van der Waals surface area contributed by atoms with Crippen molar-refractivity contribution in [2.45, 2.75) is 4.90 Å². The molecule has 1 N–H and O–H groups in total. The molecule has 2 rings (SSSR count). The first-order valence-corrected chi connectivity index (χ1v) is 7.52. The summed E-state index contributed by atoms with van der Waals surface area (Å²) < 4.78 is 31.7. The number of sulfonamides is 1. The lowest BCUT2D eigenvalue weighted by Crippen LogP contribution is -2.41. The second-order valence-electron chi connectivity index (χ2n) is 4.16. The maximum atomic E-state index is 11.9. The number of benzene rings is 1. The average molecular weight is 270 g/mol. The van der Waals surface area contributed by atoms with E-state index in [-0.39, 0.29) is 0 Å². The van der Waals surface area contributed by atoms with Crippen LogP contribution in [0, 0.1) is 0 Å². The van der Waals surface area contributed by atoms with E-state index in [1.165, 1.54) is 0 Å². The van der Waals surface area contributed by atoms with Gasteiger partial charge in [0.15, 0.2) is 0 Å². The third-order valence-corrected chi connectivity index (χ3v) is 4.35. The van der Waals surface area contributed by atoms with Crippen LogP contribution in [-0.4, -0.2) is 52.7 Å². The van der Waals surface area contributed by atoms with Gasteiger partial charge in [-0.05, 0) is 12.1 Å². The molecule has 1 fully saturated rings. The SMILES string of the molecule is O=S(=O)(NCCN1CCOCC1)c1ccccc1. The number of nitrogens with one attached hydrogen (secondary N) is 1. The van der Waals surface area contributed by atoms with Crippen molar-refractivity contribution in [1.82, 2.24) is 9.62 Å². The van der Waals surface area contributed by atoms with Gasteiger partial charge in [0.05, 0.1) is 18.1 Å². The Balaban J connectivity index is 1.82. The molecule has 0 bridgehead atoms. The van der Waals surface area contributed by atoms with Gasteiger partial charge in [-0.2, -0.15) is 0 Å². The highest BCUT2D eigenvalue weighted by atomic mass is 32.2. The fourth-order valence-electron chi connectivity index (χ4n) is 1.85. The van der Waals surface area contributed by atoms with E-state index in [2.05, 4.69) is 9.62 Å². The highest BCUT2D eigenvalue weighted by Gasteiger charge is 2.14. The molecule has 0 amide bonds. The van der Waals surface area contributed by atoms with E-state index < -0.39 is 10.0 Å². The third kappa shape index (κ3) is 3.78. The standard InChI is InChI=1S/C12H18N2O3S/c15-18(16,12-4-2-1-3-5-12)13-6-7-14-8-10-17-11-9-14/h1-5,13H,6-11H2. The van der Waals surface area contributed by atoms with Crippen LogP contribution in [-0.2, 0) is 14.8 Å². The van der Waals surface area contributed by atoms with Gasteiger partial charge in [0.25, 0.3) is 0 Å². The predicted molar refractivity (Wildman–Crippen MR) is 68.9 cm³/mol.